The van der Waals surface area contributed by atoms with Crippen LogP contribution in [0, 0.1) is 0 Å². The molecule has 0 fully saturated rings. The fourth-order valence-electron chi connectivity index (χ4n) is 2.89. The maximum absolute atomic E-state index is 12.6. The predicted molar refractivity (Wildman–Crippen MR) is 98.2 cm³/mol. The van der Waals surface area contributed by atoms with Gasteiger partial charge in [-0.25, -0.2) is 4.99 Å². The minimum atomic E-state index is -0.131. The van der Waals surface area contributed by atoms with Crippen LogP contribution >= 0.6 is 0 Å². The van der Waals surface area contributed by atoms with Crippen LogP contribution in [0.3, 0.4) is 0 Å². The minimum absolute atomic E-state index is 0.131. The third kappa shape index (κ3) is 3.04. The summed E-state index contributed by atoms with van der Waals surface area (Å²) in [6.45, 7) is 9.52. The zero-order chi connectivity index (χ0) is 17.1. The van der Waals surface area contributed by atoms with Gasteiger partial charge in [-0.1, -0.05) is 12.1 Å². The van der Waals surface area contributed by atoms with Crippen molar-refractivity contribution in [2.24, 2.45) is 10.1 Å². The number of hydrogen-bond acceptors (Lipinski definition) is 5. The van der Waals surface area contributed by atoms with Crippen LogP contribution in [0.1, 0.15) is 26.3 Å². The molecule has 0 aromatic heterocycles. The van der Waals surface area contributed by atoms with E-state index in [9.17, 15) is 4.79 Å². The van der Waals surface area contributed by atoms with E-state index in [2.05, 4.69) is 46.3 Å². The van der Waals surface area contributed by atoms with Crippen LogP contribution in [0.5, 0.6) is 0 Å². The molecule has 1 aromatic carbocycles. The molecule has 0 spiro atoms. The predicted octanol–water partition coefficient (Wildman–Crippen LogP) is 2.09. The van der Waals surface area contributed by atoms with Crippen molar-refractivity contribution in [2.45, 2.75) is 20.8 Å². The highest BCUT2D eigenvalue weighted by molar-refractivity contribution is 6.29. The molecule has 0 atom stereocenters. The van der Waals surface area contributed by atoms with Gasteiger partial charge in [-0.15, -0.1) is 0 Å². The van der Waals surface area contributed by atoms with Gasteiger partial charge in [0.15, 0.2) is 0 Å². The van der Waals surface area contributed by atoms with E-state index in [0.29, 0.717) is 23.8 Å². The SMILES string of the molecule is CCN(CC)c1ccc(/C=C2\C(=O)N(C3=NCCN3)N=C2C)cc1. The molecule has 0 radical (unpaired) electrons. The molecule has 2 aliphatic heterocycles. The van der Waals surface area contributed by atoms with Gasteiger partial charge >= 0.3 is 0 Å². The summed E-state index contributed by atoms with van der Waals surface area (Å²) in [5.41, 5.74) is 3.51. The average molecular weight is 325 g/mol. The zero-order valence-electron chi connectivity index (χ0n) is 14.4. The number of aliphatic imine (C=N–C) groups is 1. The van der Waals surface area contributed by atoms with Crippen LogP contribution in [-0.2, 0) is 4.79 Å². The Morgan fingerprint density at radius 3 is 2.54 bits per heavy atom. The van der Waals surface area contributed by atoms with Gasteiger partial charge in [0.25, 0.3) is 5.91 Å². The second kappa shape index (κ2) is 6.86. The van der Waals surface area contributed by atoms with Crippen molar-refractivity contribution in [1.29, 1.82) is 0 Å². The summed E-state index contributed by atoms with van der Waals surface area (Å²) in [7, 11) is 0. The Morgan fingerprint density at radius 1 is 1.25 bits per heavy atom. The van der Waals surface area contributed by atoms with E-state index in [1.807, 2.05) is 25.1 Å². The van der Waals surface area contributed by atoms with Crippen LogP contribution in [0.4, 0.5) is 5.69 Å². The quantitative estimate of drug-likeness (QED) is 0.863. The summed E-state index contributed by atoms with van der Waals surface area (Å²) >= 11 is 0. The van der Waals surface area contributed by atoms with E-state index in [1.54, 1.807) is 0 Å². The Bertz CT molecular complexity index is 713. The lowest BCUT2D eigenvalue weighted by atomic mass is 10.1. The lowest BCUT2D eigenvalue weighted by molar-refractivity contribution is -0.122. The third-order valence-corrected chi connectivity index (χ3v) is 4.25. The summed E-state index contributed by atoms with van der Waals surface area (Å²) in [5, 5.41) is 8.77. The van der Waals surface area contributed by atoms with Crippen molar-refractivity contribution in [2.75, 3.05) is 31.1 Å². The molecule has 24 heavy (non-hydrogen) atoms. The second-order valence-corrected chi connectivity index (χ2v) is 5.76. The topological polar surface area (TPSA) is 60.3 Å². The molecule has 0 saturated carbocycles. The molecule has 0 saturated heterocycles. The molecule has 0 unspecified atom stereocenters. The number of hydrogen-bond donors (Lipinski definition) is 1. The van der Waals surface area contributed by atoms with Gasteiger partial charge in [0, 0.05) is 25.3 Å². The first-order chi connectivity index (χ1) is 11.6. The normalized spacial score (nSPS) is 18.7. The highest BCUT2D eigenvalue weighted by Gasteiger charge is 2.31. The maximum atomic E-state index is 12.6. The molecule has 0 aliphatic carbocycles. The van der Waals surface area contributed by atoms with E-state index in [1.165, 1.54) is 10.7 Å². The van der Waals surface area contributed by atoms with E-state index in [0.717, 1.165) is 25.2 Å². The smallest absolute Gasteiger partial charge is 0.283 e. The Kier molecular flexibility index (Phi) is 4.64. The van der Waals surface area contributed by atoms with Gasteiger partial charge in [-0.2, -0.15) is 10.1 Å². The fourth-order valence-corrected chi connectivity index (χ4v) is 2.89. The molecule has 3 rings (SSSR count). The monoisotopic (exact) mass is 325 g/mol. The lowest BCUT2D eigenvalue weighted by Gasteiger charge is -2.20. The molecular weight excluding hydrogens is 302 g/mol. The van der Waals surface area contributed by atoms with Crippen LogP contribution in [0.15, 0.2) is 39.9 Å². The molecule has 1 amide bonds. The van der Waals surface area contributed by atoms with Crippen molar-refractivity contribution in [3.8, 4) is 0 Å². The van der Waals surface area contributed by atoms with Crippen molar-refractivity contribution >= 4 is 29.3 Å². The Hall–Kier alpha value is -2.63. The summed E-state index contributed by atoms with van der Waals surface area (Å²) in [6, 6.07) is 8.25. The van der Waals surface area contributed by atoms with Crippen molar-refractivity contribution in [3.05, 3.63) is 35.4 Å². The van der Waals surface area contributed by atoms with Gasteiger partial charge in [-0.3, -0.25) is 4.79 Å². The summed E-state index contributed by atoms with van der Waals surface area (Å²) in [4.78, 5) is 19.1. The average Bonchev–Trinajstić information content (AvgIpc) is 3.21. The van der Waals surface area contributed by atoms with Gasteiger partial charge < -0.3 is 10.2 Å². The van der Waals surface area contributed by atoms with Gasteiger partial charge in [-0.05, 0) is 44.5 Å². The number of carbonyl (C=O) groups excluding carboxylic acids is 1. The van der Waals surface area contributed by atoms with E-state index >= 15 is 0 Å². The molecule has 6 nitrogen and oxygen atoms in total. The van der Waals surface area contributed by atoms with E-state index in [-0.39, 0.29) is 5.91 Å². The zero-order valence-corrected chi connectivity index (χ0v) is 14.4. The summed E-state index contributed by atoms with van der Waals surface area (Å²) in [5.74, 6) is 0.410. The largest absolute Gasteiger partial charge is 0.372 e. The maximum Gasteiger partial charge on any atom is 0.283 e. The molecule has 1 N–H and O–H groups in total. The lowest BCUT2D eigenvalue weighted by Crippen LogP contribution is -2.37. The van der Waals surface area contributed by atoms with Crippen LogP contribution in [0.2, 0.25) is 0 Å². The number of nitrogens with zero attached hydrogens (tertiary/aromatic N) is 4. The number of rotatable bonds is 4. The number of benzene rings is 1. The molecule has 126 valence electrons. The highest BCUT2D eigenvalue weighted by Crippen LogP contribution is 2.21. The molecular formula is C18H23N5O. The van der Waals surface area contributed by atoms with Crippen molar-refractivity contribution in [1.82, 2.24) is 10.3 Å². The van der Waals surface area contributed by atoms with Gasteiger partial charge in [0.05, 0.1) is 17.8 Å². The molecule has 1 aromatic rings. The van der Waals surface area contributed by atoms with E-state index in [4.69, 9.17) is 0 Å². The Morgan fingerprint density at radius 2 is 1.96 bits per heavy atom. The van der Waals surface area contributed by atoms with Crippen molar-refractivity contribution in [3.63, 3.8) is 0 Å². The third-order valence-electron chi connectivity index (χ3n) is 4.25. The number of guanidine groups is 1. The first kappa shape index (κ1) is 16.2. The second-order valence-electron chi connectivity index (χ2n) is 5.76. The molecule has 0 bridgehead atoms. The standard InChI is InChI=1S/C18H23N5O/c1-4-22(5-2)15-8-6-14(7-9-15)12-16-13(3)21-23(17(16)24)18-19-10-11-20-18/h6-9,12H,4-5,10-11H2,1-3H3,(H,19,20)/b16-12-. The number of anilines is 1. The molecule has 2 heterocycles. The highest BCUT2D eigenvalue weighted by atomic mass is 16.2. The van der Waals surface area contributed by atoms with Gasteiger partial charge in [0.2, 0.25) is 5.96 Å². The molecule has 2 aliphatic rings. The first-order valence-corrected chi connectivity index (χ1v) is 8.39. The van der Waals surface area contributed by atoms with Crippen LogP contribution in [0.25, 0.3) is 6.08 Å². The Labute approximate surface area is 142 Å². The Balaban J connectivity index is 1.81. The van der Waals surface area contributed by atoms with E-state index < -0.39 is 0 Å². The minimum Gasteiger partial charge on any atom is -0.372 e. The summed E-state index contributed by atoms with van der Waals surface area (Å²) in [6.07, 6.45) is 1.89. The van der Waals surface area contributed by atoms with Crippen LogP contribution in [-0.4, -0.2) is 48.8 Å². The first-order valence-electron chi connectivity index (χ1n) is 8.39. The van der Waals surface area contributed by atoms with Crippen molar-refractivity contribution < 1.29 is 4.79 Å². The number of carbonyl (C=O) groups is 1. The van der Waals surface area contributed by atoms with Crippen LogP contribution < -0.4 is 10.2 Å². The number of nitrogens with one attached hydrogen (secondary N) is 1. The molecule has 6 heteroatoms. The number of amides is 1. The van der Waals surface area contributed by atoms with Gasteiger partial charge in [0.1, 0.15) is 0 Å². The fraction of sp³-hybridized carbons (Fsp3) is 0.389. The number of hydrazone groups is 1. The summed E-state index contributed by atoms with van der Waals surface area (Å²) < 4.78 is 0.